The van der Waals surface area contributed by atoms with Crippen LogP contribution in [0, 0.1) is 18.3 Å². The summed E-state index contributed by atoms with van der Waals surface area (Å²) in [5.41, 5.74) is 2.27. The van der Waals surface area contributed by atoms with Gasteiger partial charge in [-0.25, -0.2) is 0 Å². The standard InChI is InChI=1S/C11H10BrN/c1-8-6-9(12)2-3-10(8)11(7-13)4-5-11/h2-3,6H,4-5H2,1H3. The van der Waals surface area contributed by atoms with Crippen LogP contribution >= 0.6 is 15.9 Å². The minimum Gasteiger partial charge on any atom is -0.197 e. The molecule has 0 unspecified atom stereocenters. The average Bonchev–Trinajstić information content (AvgIpc) is 2.85. The van der Waals surface area contributed by atoms with Crippen molar-refractivity contribution in [2.75, 3.05) is 0 Å². The molecule has 1 aromatic rings. The first-order valence-electron chi connectivity index (χ1n) is 4.36. The van der Waals surface area contributed by atoms with E-state index < -0.39 is 0 Å². The zero-order valence-corrected chi connectivity index (χ0v) is 9.06. The predicted molar refractivity (Wildman–Crippen MR) is 55.4 cm³/mol. The fourth-order valence-electron chi connectivity index (χ4n) is 1.73. The molecule has 2 heteroatoms. The van der Waals surface area contributed by atoms with E-state index in [9.17, 15) is 0 Å². The van der Waals surface area contributed by atoms with Crippen LogP contribution in [-0.2, 0) is 5.41 Å². The fraction of sp³-hybridized carbons (Fsp3) is 0.364. The molecule has 13 heavy (non-hydrogen) atoms. The minimum absolute atomic E-state index is 0.148. The molecule has 1 fully saturated rings. The second-order valence-electron chi connectivity index (χ2n) is 3.65. The van der Waals surface area contributed by atoms with Gasteiger partial charge in [-0.05, 0) is 43.0 Å². The van der Waals surface area contributed by atoms with Crippen LogP contribution in [0.15, 0.2) is 22.7 Å². The Morgan fingerprint density at radius 2 is 2.15 bits per heavy atom. The van der Waals surface area contributed by atoms with Gasteiger partial charge in [0.1, 0.15) is 0 Å². The van der Waals surface area contributed by atoms with Crippen LogP contribution in [0.3, 0.4) is 0 Å². The predicted octanol–water partition coefficient (Wildman–Crippen LogP) is 3.31. The van der Waals surface area contributed by atoms with Gasteiger partial charge in [-0.3, -0.25) is 0 Å². The third-order valence-electron chi connectivity index (χ3n) is 2.67. The topological polar surface area (TPSA) is 23.8 Å². The van der Waals surface area contributed by atoms with Crippen LogP contribution in [0.25, 0.3) is 0 Å². The highest BCUT2D eigenvalue weighted by Crippen LogP contribution is 2.48. The highest BCUT2D eigenvalue weighted by Gasteiger charge is 2.45. The molecular weight excluding hydrogens is 226 g/mol. The molecule has 0 radical (unpaired) electrons. The summed E-state index contributed by atoms with van der Waals surface area (Å²) in [5, 5.41) is 9.04. The van der Waals surface area contributed by atoms with Crippen LogP contribution in [0.4, 0.5) is 0 Å². The Labute approximate surface area is 86.5 Å². The number of nitrogens with zero attached hydrogens (tertiary/aromatic N) is 1. The maximum Gasteiger partial charge on any atom is 0.0826 e. The third-order valence-corrected chi connectivity index (χ3v) is 3.16. The average molecular weight is 236 g/mol. The quantitative estimate of drug-likeness (QED) is 0.733. The van der Waals surface area contributed by atoms with Crippen molar-refractivity contribution in [2.45, 2.75) is 25.2 Å². The summed E-state index contributed by atoms with van der Waals surface area (Å²) in [7, 11) is 0. The zero-order valence-electron chi connectivity index (χ0n) is 7.47. The molecule has 0 heterocycles. The summed E-state index contributed by atoms with van der Waals surface area (Å²) in [6.07, 6.45) is 2.04. The molecule has 0 aromatic heterocycles. The van der Waals surface area contributed by atoms with Gasteiger partial charge in [0.15, 0.2) is 0 Å². The van der Waals surface area contributed by atoms with Crippen molar-refractivity contribution in [3.05, 3.63) is 33.8 Å². The second kappa shape index (κ2) is 2.85. The molecule has 1 aromatic carbocycles. The van der Waals surface area contributed by atoms with Crippen molar-refractivity contribution in [1.29, 1.82) is 5.26 Å². The van der Waals surface area contributed by atoms with Gasteiger partial charge in [-0.15, -0.1) is 0 Å². The molecule has 0 saturated heterocycles. The minimum atomic E-state index is -0.148. The summed E-state index contributed by atoms with van der Waals surface area (Å²) in [6, 6.07) is 8.57. The Morgan fingerprint density at radius 1 is 1.46 bits per heavy atom. The van der Waals surface area contributed by atoms with E-state index in [0.29, 0.717) is 0 Å². The van der Waals surface area contributed by atoms with E-state index in [1.54, 1.807) is 0 Å². The molecule has 2 rings (SSSR count). The van der Waals surface area contributed by atoms with Crippen LogP contribution < -0.4 is 0 Å². The highest BCUT2D eigenvalue weighted by molar-refractivity contribution is 9.10. The van der Waals surface area contributed by atoms with E-state index in [1.165, 1.54) is 11.1 Å². The fourth-order valence-corrected chi connectivity index (χ4v) is 2.21. The highest BCUT2D eigenvalue weighted by atomic mass is 79.9. The van der Waals surface area contributed by atoms with Crippen LogP contribution in [-0.4, -0.2) is 0 Å². The van der Waals surface area contributed by atoms with Gasteiger partial charge in [-0.2, -0.15) is 5.26 Å². The molecule has 0 atom stereocenters. The molecule has 1 aliphatic carbocycles. The number of nitriles is 1. The smallest absolute Gasteiger partial charge is 0.0826 e. The lowest BCUT2D eigenvalue weighted by atomic mass is 9.93. The Kier molecular flexibility index (Phi) is 1.92. The first-order chi connectivity index (χ1) is 6.18. The molecule has 0 spiro atoms. The van der Waals surface area contributed by atoms with Crippen molar-refractivity contribution >= 4 is 15.9 Å². The molecular formula is C11H10BrN. The molecule has 1 aliphatic rings. The van der Waals surface area contributed by atoms with E-state index >= 15 is 0 Å². The van der Waals surface area contributed by atoms with Gasteiger partial charge in [-0.1, -0.05) is 22.0 Å². The van der Waals surface area contributed by atoms with E-state index in [2.05, 4.69) is 41.1 Å². The van der Waals surface area contributed by atoms with Crippen LogP contribution in [0.2, 0.25) is 0 Å². The summed E-state index contributed by atoms with van der Waals surface area (Å²) in [4.78, 5) is 0. The first kappa shape index (κ1) is 8.77. The number of rotatable bonds is 1. The van der Waals surface area contributed by atoms with Crippen LogP contribution in [0.1, 0.15) is 24.0 Å². The number of hydrogen-bond donors (Lipinski definition) is 0. The Morgan fingerprint density at radius 3 is 2.62 bits per heavy atom. The van der Waals surface area contributed by atoms with Crippen molar-refractivity contribution in [1.82, 2.24) is 0 Å². The summed E-state index contributed by atoms with van der Waals surface area (Å²) < 4.78 is 1.09. The lowest BCUT2D eigenvalue weighted by Gasteiger charge is -2.09. The van der Waals surface area contributed by atoms with E-state index in [0.717, 1.165) is 17.3 Å². The number of hydrogen-bond acceptors (Lipinski definition) is 1. The van der Waals surface area contributed by atoms with Crippen molar-refractivity contribution < 1.29 is 0 Å². The first-order valence-corrected chi connectivity index (χ1v) is 5.15. The lowest BCUT2D eigenvalue weighted by molar-refractivity contribution is 0.895. The monoisotopic (exact) mass is 235 g/mol. The van der Waals surface area contributed by atoms with Crippen molar-refractivity contribution in [3.8, 4) is 6.07 Å². The number of aryl methyl sites for hydroxylation is 1. The van der Waals surface area contributed by atoms with Gasteiger partial charge in [0.2, 0.25) is 0 Å². The molecule has 1 nitrogen and oxygen atoms in total. The molecule has 1 saturated carbocycles. The third kappa shape index (κ3) is 1.38. The van der Waals surface area contributed by atoms with E-state index in [4.69, 9.17) is 5.26 Å². The van der Waals surface area contributed by atoms with Crippen LogP contribution in [0.5, 0.6) is 0 Å². The van der Waals surface area contributed by atoms with Gasteiger partial charge < -0.3 is 0 Å². The summed E-state index contributed by atoms with van der Waals surface area (Å²) in [6.45, 7) is 2.07. The molecule has 0 aliphatic heterocycles. The van der Waals surface area contributed by atoms with E-state index in [-0.39, 0.29) is 5.41 Å². The summed E-state index contributed by atoms with van der Waals surface area (Å²) in [5.74, 6) is 0. The van der Waals surface area contributed by atoms with Gasteiger partial charge >= 0.3 is 0 Å². The van der Waals surface area contributed by atoms with Gasteiger partial charge in [0.25, 0.3) is 0 Å². The maximum absolute atomic E-state index is 9.04. The SMILES string of the molecule is Cc1cc(Br)ccc1C1(C#N)CC1. The molecule has 0 N–H and O–H groups in total. The van der Waals surface area contributed by atoms with Gasteiger partial charge in [0.05, 0.1) is 11.5 Å². The van der Waals surface area contributed by atoms with Crippen molar-refractivity contribution in [3.63, 3.8) is 0 Å². The Bertz CT molecular complexity index is 386. The number of halogens is 1. The maximum atomic E-state index is 9.04. The molecule has 0 bridgehead atoms. The lowest BCUT2D eigenvalue weighted by Crippen LogP contribution is -2.04. The van der Waals surface area contributed by atoms with Gasteiger partial charge in [0, 0.05) is 4.47 Å². The van der Waals surface area contributed by atoms with E-state index in [1.807, 2.05) is 6.07 Å². The Balaban J connectivity index is 2.48. The molecule has 0 amide bonds. The summed E-state index contributed by atoms with van der Waals surface area (Å²) >= 11 is 3.42. The second-order valence-corrected chi connectivity index (χ2v) is 4.57. The van der Waals surface area contributed by atoms with Crippen molar-refractivity contribution in [2.24, 2.45) is 0 Å². The Hall–Kier alpha value is -0.810. The normalized spacial score (nSPS) is 17.9. The number of benzene rings is 1. The largest absolute Gasteiger partial charge is 0.197 e. The molecule has 66 valence electrons. The zero-order chi connectivity index (χ0) is 9.47.